The second-order valence-corrected chi connectivity index (χ2v) is 10.1. The van der Waals surface area contributed by atoms with E-state index < -0.39 is 24.3 Å². The van der Waals surface area contributed by atoms with Crippen LogP contribution in [0.5, 0.6) is 0 Å². The van der Waals surface area contributed by atoms with Crippen molar-refractivity contribution in [2.45, 2.75) is 76.1 Å². The van der Waals surface area contributed by atoms with E-state index >= 15 is 0 Å². The van der Waals surface area contributed by atoms with Gasteiger partial charge >= 0.3 is 5.97 Å². The van der Waals surface area contributed by atoms with Crippen molar-refractivity contribution < 1.29 is 25.2 Å². The van der Waals surface area contributed by atoms with Gasteiger partial charge in [0.05, 0.1) is 27.0 Å². The summed E-state index contributed by atoms with van der Waals surface area (Å²) in [6.07, 6.45) is 7.19. The number of aryl methyl sites for hydroxylation is 1. The molecular weight excluding hydrogens is 435 g/mol. The van der Waals surface area contributed by atoms with Gasteiger partial charge in [0.25, 0.3) is 0 Å². The van der Waals surface area contributed by atoms with Crippen LogP contribution in [0.1, 0.15) is 56.9 Å². The molecule has 0 aromatic carbocycles. The number of hydrogen-bond acceptors (Lipinski definition) is 5. The Morgan fingerprint density at radius 3 is 2.59 bits per heavy atom. The number of aliphatic carboxylic acids is 1. The van der Waals surface area contributed by atoms with Gasteiger partial charge in [-0.2, -0.15) is 0 Å². The fourth-order valence-electron chi connectivity index (χ4n) is 4.04. The maximum absolute atomic E-state index is 10.5. The van der Waals surface area contributed by atoms with Gasteiger partial charge in [-0.05, 0) is 74.8 Å². The van der Waals surface area contributed by atoms with E-state index in [4.69, 9.17) is 28.3 Å². The zero-order valence-electron chi connectivity index (χ0n) is 16.3. The molecule has 1 aliphatic rings. The van der Waals surface area contributed by atoms with Crippen LogP contribution in [0.2, 0.25) is 8.67 Å². The molecule has 2 rings (SSSR count). The Morgan fingerprint density at radius 1 is 1.21 bits per heavy atom. The van der Waals surface area contributed by atoms with Crippen molar-refractivity contribution in [3.05, 3.63) is 32.5 Å². The van der Waals surface area contributed by atoms with E-state index in [-0.39, 0.29) is 18.3 Å². The molecule has 5 atom stereocenters. The molecule has 1 fully saturated rings. The molecule has 1 aromatic heterocycles. The van der Waals surface area contributed by atoms with Gasteiger partial charge < -0.3 is 20.4 Å². The third kappa shape index (κ3) is 8.19. The second-order valence-electron chi connectivity index (χ2n) is 7.81. The van der Waals surface area contributed by atoms with Crippen LogP contribution in [0.25, 0.3) is 0 Å². The Balaban J connectivity index is 1.76. The first-order chi connectivity index (χ1) is 13.8. The minimum absolute atomic E-state index is 0.0435. The lowest BCUT2D eigenvalue weighted by atomic mass is 9.85. The van der Waals surface area contributed by atoms with Crippen molar-refractivity contribution >= 4 is 40.5 Å². The number of thiophene rings is 1. The number of halogens is 2. The predicted molar refractivity (Wildman–Crippen MR) is 117 cm³/mol. The van der Waals surface area contributed by atoms with Gasteiger partial charge in [-0.15, -0.1) is 11.3 Å². The quantitative estimate of drug-likeness (QED) is 0.265. The SMILES string of the molecule is O=C(O)CCC/C=C\C[C@H]1C(O)CC(O)[C@@H]1CCC(O)CCc1cc(Cl)sc1Cl. The number of carbonyl (C=O) groups is 1. The van der Waals surface area contributed by atoms with E-state index in [1.807, 2.05) is 18.2 Å². The first-order valence-electron chi connectivity index (χ1n) is 10.1. The number of carboxylic acid groups (broad SMARTS) is 1. The summed E-state index contributed by atoms with van der Waals surface area (Å²) in [6.45, 7) is 0. The number of unbranched alkanes of at least 4 members (excludes halogenated alkanes) is 1. The molecule has 164 valence electrons. The third-order valence-corrected chi connectivity index (χ3v) is 7.23. The smallest absolute Gasteiger partial charge is 0.303 e. The van der Waals surface area contributed by atoms with E-state index in [9.17, 15) is 20.1 Å². The number of carboxylic acids is 1. The monoisotopic (exact) mass is 464 g/mol. The third-order valence-electron chi connectivity index (χ3n) is 5.67. The van der Waals surface area contributed by atoms with E-state index in [1.54, 1.807) is 0 Å². The zero-order valence-corrected chi connectivity index (χ0v) is 18.7. The van der Waals surface area contributed by atoms with E-state index in [1.165, 1.54) is 11.3 Å². The van der Waals surface area contributed by atoms with Crippen molar-refractivity contribution in [1.29, 1.82) is 0 Å². The van der Waals surface area contributed by atoms with Crippen molar-refractivity contribution in [3.63, 3.8) is 0 Å². The molecule has 1 aromatic rings. The summed E-state index contributed by atoms with van der Waals surface area (Å²) >= 11 is 13.4. The lowest BCUT2D eigenvalue weighted by Crippen LogP contribution is -2.23. The van der Waals surface area contributed by atoms with E-state index in [2.05, 4.69) is 0 Å². The lowest BCUT2D eigenvalue weighted by Gasteiger charge is -2.23. The summed E-state index contributed by atoms with van der Waals surface area (Å²) < 4.78 is 1.30. The van der Waals surface area contributed by atoms with Crippen molar-refractivity contribution in [3.8, 4) is 0 Å². The highest BCUT2D eigenvalue weighted by atomic mass is 35.5. The Bertz CT molecular complexity index is 678. The molecule has 0 saturated heterocycles. The van der Waals surface area contributed by atoms with Gasteiger partial charge in [-0.25, -0.2) is 0 Å². The van der Waals surface area contributed by atoms with Crippen LogP contribution >= 0.6 is 34.5 Å². The molecule has 0 spiro atoms. The van der Waals surface area contributed by atoms with Crippen LogP contribution < -0.4 is 0 Å². The van der Waals surface area contributed by atoms with Crippen LogP contribution in [-0.2, 0) is 11.2 Å². The van der Waals surface area contributed by atoms with E-state index in [0.717, 1.165) is 5.56 Å². The normalized spacial score (nSPS) is 25.7. The maximum atomic E-state index is 10.5. The average Bonchev–Trinajstić information content (AvgIpc) is 3.11. The summed E-state index contributed by atoms with van der Waals surface area (Å²) in [5.74, 6) is -0.892. The van der Waals surface area contributed by atoms with Crippen molar-refractivity contribution in [2.75, 3.05) is 0 Å². The lowest BCUT2D eigenvalue weighted by molar-refractivity contribution is -0.137. The first-order valence-corrected chi connectivity index (χ1v) is 11.7. The van der Waals surface area contributed by atoms with Gasteiger partial charge in [0.15, 0.2) is 0 Å². The highest BCUT2D eigenvalue weighted by Gasteiger charge is 2.40. The molecule has 8 heteroatoms. The van der Waals surface area contributed by atoms with Gasteiger partial charge in [0.1, 0.15) is 0 Å². The number of hydrogen-bond donors (Lipinski definition) is 4. The van der Waals surface area contributed by atoms with Crippen LogP contribution in [0.3, 0.4) is 0 Å². The minimum atomic E-state index is -0.796. The van der Waals surface area contributed by atoms with Gasteiger partial charge in [-0.1, -0.05) is 35.4 Å². The standard InChI is InChI=1S/C21H30Cl2O5S/c22-19-11-13(21(23)29-19)7-8-14(24)9-10-16-15(17(25)12-18(16)26)5-3-1-2-4-6-20(27)28/h1,3,11,14-18,24-26H,2,4-10,12H2,(H,27,28)/b3-1-/t14?,15-,16-,17?,18?/m1/s1. The Kier molecular flexibility index (Phi) is 10.4. The topological polar surface area (TPSA) is 98.0 Å². The molecule has 3 unspecified atom stereocenters. The number of rotatable bonds is 12. The highest BCUT2D eigenvalue weighted by molar-refractivity contribution is 7.20. The Morgan fingerprint density at radius 2 is 1.93 bits per heavy atom. The van der Waals surface area contributed by atoms with Crippen LogP contribution in [0.4, 0.5) is 0 Å². The second kappa shape index (κ2) is 12.3. The largest absolute Gasteiger partial charge is 0.481 e. The van der Waals surface area contributed by atoms with Crippen LogP contribution in [0.15, 0.2) is 18.2 Å². The minimum Gasteiger partial charge on any atom is -0.481 e. The summed E-state index contributed by atoms with van der Waals surface area (Å²) in [6, 6.07) is 1.83. The fraction of sp³-hybridized carbons (Fsp3) is 0.667. The summed E-state index contributed by atoms with van der Waals surface area (Å²) in [5.41, 5.74) is 0.947. The number of allylic oxidation sites excluding steroid dienone is 2. The van der Waals surface area contributed by atoms with Gasteiger partial charge in [0.2, 0.25) is 0 Å². The van der Waals surface area contributed by atoms with E-state index in [0.29, 0.717) is 60.0 Å². The molecule has 0 bridgehead atoms. The van der Waals surface area contributed by atoms with Crippen LogP contribution in [-0.4, -0.2) is 44.7 Å². The van der Waals surface area contributed by atoms with Gasteiger partial charge in [0, 0.05) is 6.42 Å². The molecule has 0 aliphatic heterocycles. The zero-order chi connectivity index (χ0) is 21.4. The Labute approximate surface area is 186 Å². The maximum Gasteiger partial charge on any atom is 0.303 e. The summed E-state index contributed by atoms with van der Waals surface area (Å²) in [7, 11) is 0. The molecule has 1 saturated carbocycles. The molecule has 5 nitrogen and oxygen atoms in total. The Hall–Kier alpha value is -0.630. The molecule has 0 radical (unpaired) electrons. The van der Waals surface area contributed by atoms with Crippen molar-refractivity contribution in [1.82, 2.24) is 0 Å². The van der Waals surface area contributed by atoms with Crippen molar-refractivity contribution in [2.24, 2.45) is 11.8 Å². The summed E-state index contributed by atoms with van der Waals surface area (Å²) in [4.78, 5) is 10.5. The average molecular weight is 465 g/mol. The molecule has 0 amide bonds. The number of aliphatic hydroxyl groups excluding tert-OH is 3. The molecule has 1 heterocycles. The predicted octanol–water partition coefficient (Wildman–Crippen LogP) is 4.69. The van der Waals surface area contributed by atoms with Crippen LogP contribution in [0, 0.1) is 11.8 Å². The molecule has 1 aliphatic carbocycles. The molecular formula is C21H30Cl2O5S. The fourth-order valence-corrected chi connectivity index (χ4v) is 5.59. The highest BCUT2D eigenvalue weighted by Crippen LogP contribution is 2.39. The molecule has 29 heavy (non-hydrogen) atoms. The van der Waals surface area contributed by atoms with Gasteiger partial charge in [-0.3, -0.25) is 4.79 Å². The first kappa shape index (κ1) is 24.6. The molecule has 4 N–H and O–H groups in total. The summed E-state index contributed by atoms with van der Waals surface area (Å²) in [5, 5.41) is 39.6. The number of aliphatic hydroxyl groups is 3.